The minimum atomic E-state index is -0.607. The van der Waals surface area contributed by atoms with Gasteiger partial charge in [0, 0.05) is 25.7 Å². The van der Waals surface area contributed by atoms with Gasteiger partial charge in [0.05, 0.1) is 7.11 Å². The number of methoxy groups -OCH3 is 1. The summed E-state index contributed by atoms with van der Waals surface area (Å²) in [7, 11) is 1.28. The van der Waals surface area contributed by atoms with E-state index in [-0.39, 0.29) is 12.6 Å². The third-order valence-electron chi connectivity index (χ3n) is 2.80. The molecule has 2 amide bonds. The normalized spacial score (nSPS) is 18.3. The number of hydrogen-bond donors (Lipinski definition) is 0. The maximum Gasteiger partial charge on any atom is 0.321 e. The molecule has 18 heavy (non-hydrogen) atoms. The van der Waals surface area contributed by atoms with Crippen LogP contribution in [-0.2, 0) is 19.1 Å². The Labute approximate surface area is 114 Å². The first-order chi connectivity index (χ1) is 8.38. The topological polar surface area (TPSA) is 66.9 Å². The molecule has 102 valence electrons. The molecule has 1 rings (SSSR count). The van der Waals surface area contributed by atoms with Crippen LogP contribution in [0.2, 0.25) is 0 Å². The van der Waals surface area contributed by atoms with Crippen LogP contribution in [0.3, 0.4) is 0 Å². The first kappa shape index (κ1) is 14.9. The van der Waals surface area contributed by atoms with Crippen molar-refractivity contribution in [2.75, 3.05) is 26.7 Å². The lowest BCUT2D eigenvalue weighted by Gasteiger charge is -2.36. The zero-order chi connectivity index (χ0) is 13.9. The van der Waals surface area contributed by atoms with Crippen molar-refractivity contribution in [2.24, 2.45) is 0 Å². The number of esters is 1. The summed E-state index contributed by atoms with van der Waals surface area (Å²) in [6, 6.07) is 0.00368. The molecule has 1 aliphatic rings. The van der Waals surface area contributed by atoms with Crippen molar-refractivity contribution in [3.05, 3.63) is 0 Å². The lowest BCUT2D eigenvalue weighted by Crippen LogP contribution is -2.57. The van der Waals surface area contributed by atoms with Crippen LogP contribution in [0.25, 0.3) is 0 Å². The molecule has 0 aromatic heterocycles. The summed E-state index contributed by atoms with van der Waals surface area (Å²) in [6.07, 6.45) is 0. The van der Waals surface area contributed by atoms with Gasteiger partial charge in [-0.3, -0.25) is 14.4 Å². The Balaban J connectivity index is 2.64. The second kappa shape index (κ2) is 6.17. The second-order valence-corrected chi connectivity index (χ2v) is 5.44. The SMILES string of the molecule is COC(=O)C(Br)CN1CCN(C(C)C)C(=O)C1=O. The zero-order valence-electron chi connectivity index (χ0n) is 10.7. The monoisotopic (exact) mass is 320 g/mol. The van der Waals surface area contributed by atoms with Crippen molar-refractivity contribution < 1.29 is 19.1 Å². The molecule has 1 unspecified atom stereocenters. The van der Waals surface area contributed by atoms with Gasteiger partial charge in [0.1, 0.15) is 4.83 Å². The number of halogens is 1. The van der Waals surface area contributed by atoms with E-state index in [9.17, 15) is 14.4 Å². The highest BCUT2D eigenvalue weighted by molar-refractivity contribution is 9.10. The Morgan fingerprint density at radius 1 is 1.33 bits per heavy atom. The summed E-state index contributed by atoms with van der Waals surface area (Å²) in [5.41, 5.74) is 0. The van der Waals surface area contributed by atoms with Crippen molar-refractivity contribution in [1.29, 1.82) is 0 Å². The van der Waals surface area contributed by atoms with E-state index < -0.39 is 22.6 Å². The van der Waals surface area contributed by atoms with Gasteiger partial charge < -0.3 is 14.5 Å². The predicted octanol–water partition coefficient (Wildman–Crippen LogP) is 0.00210. The molecule has 0 aromatic rings. The number of nitrogens with zero attached hydrogens (tertiary/aromatic N) is 2. The molecule has 0 bridgehead atoms. The molecular weight excluding hydrogens is 304 g/mol. The van der Waals surface area contributed by atoms with Gasteiger partial charge in [0.2, 0.25) is 0 Å². The lowest BCUT2D eigenvalue weighted by molar-refractivity contribution is -0.157. The molecule has 1 heterocycles. The summed E-state index contributed by atoms with van der Waals surface area (Å²) >= 11 is 3.14. The number of carbonyl (C=O) groups excluding carboxylic acids is 3. The summed E-state index contributed by atoms with van der Waals surface area (Å²) < 4.78 is 4.56. The van der Waals surface area contributed by atoms with Crippen LogP contribution in [0, 0.1) is 0 Å². The summed E-state index contributed by atoms with van der Waals surface area (Å²) in [5.74, 6) is -1.54. The van der Waals surface area contributed by atoms with Gasteiger partial charge in [-0.15, -0.1) is 0 Å². The highest BCUT2D eigenvalue weighted by atomic mass is 79.9. The molecule has 0 aliphatic carbocycles. The Morgan fingerprint density at radius 2 is 1.94 bits per heavy atom. The van der Waals surface area contributed by atoms with E-state index in [1.807, 2.05) is 13.8 Å². The van der Waals surface area contributed by atoms with Crippen molar-refractivity contribution in [1.82, 2.24) is 9.80 Å². The number of carbonyl (C=O) groups is 3. The van der Waals surface area contributed by atoms with E-state index in [1.54, 1.807) is 0 Å². The van der Waals surface area contributed by atoms with Crippen LogP contribution >= 0.6 is 15.9 Å². The molecule has 1 fully saturated rings. The Bertz CT molecular complexity index is 359. The molecule has 0 radical (unpaired) electrons. The highest BCUT2D eigenvalue weighted by Gasteiger charge is 2.35. The van der Waals surface area contributed by atoms with Gasteiger partial charge in [0.15, 0.2) is 0 Å². The molecule has 7 heteroatoms. The zero-order valence-corrected chi connectivity index (χ0v) is 12.3. The average Bonchev–Trinajstić information content (AvgIpc) is 2.33. The van der Waals surface area contributed by atoms with Crippen molar-refractivity contribution >= 4 is 33.7 Å². The van der Waals surface area contributed by atoms with Crippen LogP contribution in [0.15, 0.2) is 0 Å². The molecular formula is C11H17BrN2O4. The van der Waals surface area contributed by atoms with Gasteiger partial charge in [-0.1, -0.05) is 15.9 Å². The second-order valence-electron chi connectivity index (χ2n) is 4.33. The number of amides is 2. The molecule has 0 saturated carbocycles. The maximum absolute atomic E-state index is 11.8. The Hall–Kier alpha value is -1.11. The molecule has 0 N–H and O–H groups in total. The quantitative estimate of drug-likeness (QED) is 0.415. The minimum Gasteiger partial charge on any atom is -0.468 e. The third kappa shape index (κ3) is 3.22. The van der Waals surface area contributed by atoms with E-state index in [2.05, 4.69) is 20.7 Å². The Morgan fingerprint density at radius 3 is 2.44 bits per heavy atom. The Kier molecular flexibility index (Phi) is 5.13. The maximum atomic E-state index is 11.8. The number of piperazine rings is 1. The smallest absolute Gasteiger partial charge is 0.321 e. The summed E-state index contributed by atoms with van der Waals surface area (Å²) in [6.45, 7) is 4.79. The molecule has 6 nitrogen and oxygen atoms in total. The van der Waals surface area contributed by atoms with E-state index in [1.165, 1.54) is 16.9 Å². The predicted molar refractivity (Wildman–Crippen MR) is 68.2 cm³/mol. The standard InChI is InChI=1S/C11H17BrN2O4/c1-7(2)14-5-4-13(9(15)10(14)16)6-8(12)11(17)18-3/h7-8H,4-6H2,1-3H3. The van der Waals surface area contributed by atoms with E-state index in [0.717, 1.165) is 0 Å². The van der Waals surface area contributed by atoms with Crippen LogP contribution < -0.4 is 0 Å². The highest BCUT2D eigenvalue weighted by Crippen LogP contribution is 2.12. The van der Waals surface area contributed by atoms with E-state index >= 15 is 0 Å². The lowest BCUT2D eigenvalue weighted by atomic mass is 10.2. The fourth-order valence-electron chi connectivity index (χ4n) is 1.75. The van der Waals surface area contributed by atoms with E-state index in [4.69, 9.17) is 0 Å². The third-order valence-corrected chi connectivity index (χ3v) is 3.47. The largest absolute Gasteiger partial charge is 0.468 e. The van der Waals surface area contributed by atoms with Crippen molar-refractivity contribution in [3.63, 3.8) is 0 Å². The fourth-order valence-corrected chi connectivity index (χ4v) is 2.29. The van der Waals surface area contributed by atoms with Crippen LogP contribution in [0.5, 0.6) is 0 Å². The molecule has 0 aromatic carbocycles. The number of ether oxygens (including phenoxy) is 1. The van der Waals surface area contributed by atoms with Gasteiger partial charge >= 0.3 is 17.8 Å². The van der Waals surface area contributed by atoms with Crippen molar-refractivity contribution in [2.45, 2.75) is 24.7 Å². The van der Waals surface area contributed by atoms with Gasteiger partial charge in [-0.25, -0.2) is 0 Å². The number of hydrogen-bond acceptors (Lipinski definition) is 4. The number of alkyl halides is 1. The van der Waals surface area contributed by atoms with Gasteiger partial charge in [0.25, 0.3) is 0 Å². The first-order valence-corrected chi connectivity index (χ1v) is 6.61. The average molecular weight is 321 g/mol. The van der Waals surface area contributed by atoms with Crippen LogP contribution in [-0.4, -0.2) is 65.2 Å². The van der Waals surface area contributed by atoms with Gasteiger partial charge in [-0.2, -0.15) is 0 Å². The molecule has 0 spiro atoms. The van der Waals surface area contributed by atoms with E-state index in [0.29, 0.717) is 13.1 Å². The van der Waals surface area contributed by atoms with Crippen LogP contribution in [0.4, 0.5) is 0 Å². The minimum absolute atomic E-state index is 0.00368. The molecule has 1 atom stereocenters. The molecule has 1 saturated heterocycles. The number of rotatable bonds is 4. The fraction of sp³-hybridized carbons (Fsp3) is 0.727. The molecule has 1 aliphatic heterocycles. The summed E-state index contributed by atoms with van der Waals surface area (Å²) in [4.78, 5) is 37.2. The van der Waals surface area contributed by atoms with Gasteiger partial charge in [-0.05, 0) is 13.8 Å². The first-order valence-electron chi connectivity index (χ1n) is 5.70. The van der Waals surface area contributed by atoms with Crippen molar-refractivity contribution in [3.8, 4) is 0 Å². The summed E-state index contributed by atoms with van der Waals surface area (Å²) in [5, 5.41) is 0. The van der Waals surface area contributed by atoms with Crippen LogP contribution in [0.1, 0.15) is 13.8 Å².